The van der Waals surface area contributed by atoms with Crippen molar-refractivity contribution < 1.29 is 13.5 Å². The van der Waals surface area contributed by atoms with Crippen LogP contribution < -0.4 is 14.8 Å². The van der Waals surface area contributed by atoms with Gasteiger partial charge in [0, 0.05) is 35.3 Å². The van der Waals surface area contributed by atoms with Crippen LogP contribution in [0.5, 0.6) is 5.75 Å². The van der Waals surface area contributed by atoms with Crippen LogP contribution in [0.2, 0.25) is 0 Å². The van der Waals surface area contributed by atoms with Gasteiger partial charge in [0.25, 0.3) is 0 Å². The van der Waals surface area contributed by atoms with E-state index in [1.54, 1.807) is 7.11 Å². The molecule has 0 radical (unpaired) electrons. The summed E-state index contributed by atoms with van der Waals surface area (Å²) in [5.41, 5.74) is 4.62. The lowest BCUT2D eigenvalue weighted by atomic mass is 9.68. The third kappa shape index (κ3) is 5.94. The molecule has 2 atom stereocenters. The topological polar surface area (TPSA) is 73.4 Å². The van der Waals surface area contributed by atoms with Gasteiger partial charge < -0.3 is 14.6 Å². The SMILES string of the molecule is COc1cccc(C2(CNS(=O)[O-])CCC(NC(C)c3ccc(-c4ccccc4)cc3)CC2)c1. The van der Waals surface area contributed by atoms with Gasteiger partial charge in [0.05, 0.1) is 7.11 Å². The summed E-state index contributed by atoms with van der Waals surface area (Å²) in [5.74, 6) is 0.799. The lowest BCUT2D eigenvalue weighted by molar-refractivity contribution is 0.236. The van der Waals surface area contributed by atoms with Gasteiger partial charge in [-0.25, -0.2) is 4.72 Å². The summed E-state index contributed by atoms with van der Waals surface area (Å²) in [4.78, 5) is 0. The first-order valence-electron chi connectivity index (χ1n) is 11.9. The fraction of sp³-hybridized carbons (Fsp3) is 0.357. The van der Waals surface area contributed by atoms with Gasteiger partial charge in [0.15, 0.2) is 0 Å². The van der Waals surface area contributed by atoms with E-state index < -0.39 is 11.3 Å². The summed E-state index contributed by atoms with van der Waals surface area (Å²) in [7, 11) is 1.66. The number of hydrogen-bond acceptors (Lipinski definition) is 4. The summed E-state index contributed by atoms with van der Waals surface area (Å²) in [6, 6.07) is 27.9. The van der Waals surface area contributed by atoms with E-state index in [4.69, 9.17) is 4.74 Å². The largest absolute Gasteiger partial charge is 0.760 e. The molecular formula is C28H33N2O3S-. The second-order valence-electron chi connectivity index (χ2n) is 9.22. The van der Waals surface area contributed by atoms with Crippen molar-refractivity contribution >= 4 is 11.3 Å². The van der Waals surface area contributed by atoms with Gasteiger partial charge in [-0.3, -0.25) is 4.21 Å². The van der Waals surface area contributed by atoms with E-state index in [0.29, 0.717) is 12.6 Å². The summed E-state index contributed by atoms with van der Waals surface area (Å²) in [5, 5.41) is 3.80. The minimum Gasteiger partial charge on any atom is -0.760 e. The van der Waals surface area contributed by atoms with E-state index >= 15 is 0 Å². The molecule has 1 saturated carbocycles. The van der Waals surface area contributed by atoms with Crippen LogP contribution in [0.4, 0.5) is 0 Å². The van der Waals surface area contributed by atoms with Gasteiger partial charge in [-0.2, -0.15) is 0 Å². The molecule has 0 aliphatic heterocycles. The average Bonchev–Trinajstić information content (AvgIpc) is 2.89. The van der Waals surface area contributed by atoms with Crippen LogP contribution in [0.1, 0.15) is 49.8 Å². The molecule has 1 fully saturated rings. The fourth-order valence-electron chi connectivity index (χ4n) is 5.10. The normalized spacial score (nSPS) is 22.1. The number of nitrogens with one attached hydrogen (secondary N) is 2. The Balaban J connectivity index is 1.41. The van der Waals surface area contributed by atoms with Crippen molar-refractivity contribution in [2.75, 3.05) is 13.7 Å². The monoisotopic (exact) mass is 477 g/mol. The maximum absolute atomic E-state index is 11.3. The molecule has 6 heteroatoms. The molecule has 0 saturated heterocycles. The molecule has 0 amide bonds. The zero-order valence-corrected chi connectivity index (χ0v) is 20.6. The Morgan fingerprint density at radius 3 is 2.32 bits per heavy atom. The Morgan fingerprint density at radius 1 is 1.00 bits per heavy atom. The molecule has 0 spiro atoms. The Hall–Kier alpha value is -2.51. The summed E-state index contributed by atoms with van der Waals surface area (Å²) < 4.78 is 30.6. The first kappa shape index (κ1) is 24.6. The van der Waals surface area contributed by atoms with Crippen molar-refractivity contribution in [3.63, 3.8) is 0 Å². The average molecular weight is 478 g/mol. The Labute approximate surface area is 205 Å². The quantitative estimate of drug-likeness (QED) is 0.412. The molecule has 3 aromatic rings. The van der Waals surface area contributed by atoms with Crippen LogP contribution >= 0.6 is 0 Å². The maximum atomic E-state index is 11.3. The number of hydrogen-bond donors (Lipinski definition) is 2. The minimum atomic E-state index is -2.28. The highest BCUT2D eigenvalue weighted by atomic mass is 32.2. The summed E-state index contributed by atoms with van der Waals surface area (Å²) in [6.45, 7) is 2.61. The predicted octanol–water partition coefficient (Wildman–Crippen LogP) is 5.28. The summed E-state index contributed by atoms with van der Waals surface area (Å²) in [6.07, 6.45) is 3.77. The molecule has 5 nitrogen and oxygen atoms in total. The van der Waals surface area contributed by atoms with Crippen LogP contribution in [-0.4, -0.2) is 28.5 Å². The van der Waals surface area contributed by atoms with E-state index in [2.05, 4.69) is 71.6 Å². The Bertz CT molecular complexity index is 1080. The first-order chi connectivity index (χ1) is 16.5. The van der Waals surface area contributed by atoms with Gasteiger partial charge in [0.1, 0.15) is 5.75 Å². The van der Waals surface area contributed by atoms with Crippen molar-refractivity contribution in [3.8, 4) is 16.9 Å². The van der Waals surface area contributed by atoms with Gasteiger partial charge in [0.2, 0.25) is 0 Å². The molecule has 180 valence electrons. The van der Waals surface area contributed by atoms with Crippen molar-refractivity contribution in [2.45, 2.75) is 50.1 Å². The molecule has 2 N–H and O–H groups in total. The molecule has 0 heterocycles. The molecule has 2 unspecified atom stereocenters. The van der Waals surface area contributed by atoms with Crippen molar-refractivity contribution in [1.29, 1.82) is 0 Å². The van der Waals surface area contributed by atoms with E-state index in [-0.39, 0.29) is 11.5 Å². The molecular weight excluding hydrogens is 444 g/mol. The third-order valence-corrected chi connectivity index (χ3v) is 7.54. The highest BCUT2D eigenvalue weighted by Crippen LogP contribution is 2.40. The van der Waals surface area contributed by atoms with Crippen LogP contribution in [0, 0.1) is 0 Å². The smallest absolute Gasteiger partial charge is 0.119 e. The molecule has 1 aliphatic carbocycles. The van der Waals surface area contributed by atoms with Gasteiger partial charge in [-0.15, -0.1) is 0 Å². The van der Waals surface area contributed by atoms with E-state index in [9.17, 15) is 8.76 Å². The lowest BCUT2D eigenvalue weighted by Crippen LogP contribution is -2.46. The number of rotatable bonds is 9. The molecule has 34 heavy (non-hydrogen) atoms. The van der Waals surface area contributed by atoms with Crippen LogP contribution in [0.3, 0.4) is 0 Å². The predicted molar refractivity (Wildman–Crippen MR) is 137 cm³/mol. The van der Waals surface area contributed by atoms with Crippen LogP contribution in [-0.2, 0) is 16.7 Å². The molecule has 4 rings (SSSR count). The lowest BCUT2D eigenvalue weighted by Gasteiger charge is -2.42. The number of methoxy groups -OCH3 is 1. The molecule has 0 aromatic heterocycles. The van der Waals surface area contributed by atoms with Crippen molar-refractivity contribution in [1.82, 2.24) is 10.0 Å². The van der Waals surface area contributed by atoms with Gasteiger partial charge in [-0.1, -0.05) is 66.7 Å². The second-order valence-corrected chi connectivity index (χ2v) is 9.98. The van der Waals surface area contributed by atoms with Gasteiger partial charge >= 0.3 is 0 Å². The Morgan fingerprint density at radius 2 is 1.68 bits per heavy atom. The number of benzene rings is 3. The first-order valence-corrected chi connectivity index (χ1v) is 13.0. The molecule has 1 aliphatic rings. The molecule has 0 bridgehead atoms. The zero-order valence-electron chi connectivity index (χ0n) is 19.8. The fourth-order valence-corrected chi connectivity index (χ4v) is 5.49. The standard InChI is InChI=1S/C28H34N2O3S/c1-21(22-11-13-24(14-12-22)23-7-4-3-5-8-23)30-26-15-17-28(18-16-26,20-29-34(31)32)25-9-6-10-27(19-25)33-2/h3-14,19,21,26,29-30H,15-18,20H2,1-2H3,(H,31,32)/p-1. The number of ether oxygens (including phenoxy) is 1. The highest BCUT2D eigenvalue weighted by molar-refractivity contribution is 7.77. The van der Waals surface area contributed by atoms with E-state index in [1.807, 2.05) is 24.3 Å². The maximum Gasteiger partial charge on any atom is 0.119 e. The molecule has 3 aromatic carbocycles. The van der Waals surface area contributed by atoms with E-state index in [0.717, 1.165) is 37.0 Å². The highest BCUT2D eigenvalue weighted by Gasteiger charge is 2.37. The van der Waals surface area contributed by atoms with Crippen LogP contribution in [0.15, 0.2) is 78.9 Å². The third-order valence-electron chi connectivity index (χ3n) is 7.16. The second kappa shape index (κ2) is 11.3. The van der Waals surface area contributed by atoms with Gasteiger partial charge in [-0.05, 0) is 67.0 Å². The van der Waals surface area contributed by atoms with Crippen molar-refractivity contribution in [2.24, 2.45) is 0 Å². The van der Waals surface area contributed by atoms with Crippen molar-refractivity contribution in [3.05, 3.63) is 90.0 Å². The van der Waals surface area contributed by atoms with Crippen LogP contribution in [0.25, 0.3) is 11.1 Å². The minimum absolute atomic E-state index is 0.229. The zero-order chi connectivity index (χ0) is 24.0. The summed E-state index contributed by atoms with van der Waals surface area (Å²) >= 11 is -2.28. The van der Waals surface area contributed by atoms with E-state index in [1.165, 1.54) is 16.7 Å². The Kier molecular flexibility index (Phi) is 8.16.